The summed E-state index contributed by atoms with van der Waals surface area (Å²) in [5.41, 5.74) is 5.47. The van der Waals surface area contributed by atoms with Crippen LogP contribution >= 0.6 is 0 Å². The molecule has 0 radical (unpaired) electrons. The van der Waals surface area contributed by atoms with Crippen LogP contribution in [0, 0.1) is 0 Å². The summed E-state index contributed by atoms with van der Waals surface area (Å²) in [5.74, 6) is -0.00878. The number of nitrogens with zero attached hydrogens (tertiary/aromatic N) is 2. The minimum atomic E-state index is -0.670. The van der Waals surface area contributed by atoms with Crippen molar-refractivity contribution in [1.82, 2.24) is 10.6 Å². The predicted octanol–water partition coefficient (Wildman–Crippen LogP) is 3.02. The summed E-state index contributed by atoms with van der Waals surface area (Å²) in [6, 6.07) is 22.0. The Morgan fingerprint density at radius 3 is 2.50 bits per heavy atom. The first-order valence-electron chi connectivity index (χ1n) is 12.1. The van der Waals surface area contributed by atoms with Crippen LogP contribution in [0.2, 0.25) is 0 Å². The summed E-state index contributed by atoms with van der Waals surface area (Å²) < 4.78 is 10.7. The molecule has 2 amide bonds. The number of para-hydroxylation sites is 1. The molecule has 5 rings (SSSR count). The summed E-state index contributed by atoms with van der Waals surface area (Å²) in [7, 11) is 4.01. The molecule has 2 aliphatic rings. The quantitative estimate of drug-likeness (QED) is 0.500. The van der Waals surface area contributed by atoms with E-state index in [0.717, 1.165) is 29.8 Å². The van der Waals surface area contributed by atoms with Crippen LogP contribution in [0.3, 0.4) is 0 Å². The van der Waals surface area contributed by atoms with Crippen LogP contribution in [-0.4, -0.2) is 45.8 Å². The fourth-order valence-electron chi connectivity index (χ4n) is 4.67. The number of benzene rings is 3. The normalized spacial score (nSPS) is 14.2. The van der Waals surface area contributed by atoms with Gasteiger partial charge in [-0.1, -0.05) is 36.4 Å². The zero-order chi connectivity index (χ0) is 25.1. The number of carbonyl (C=O) groups excluding carboxylic acids is 2. The van der Waals surface area contributed by atoms with Gasteiger partial charge in [-0.3, -0.25) is 9.59 Å². The third-order valence-corrected chi connectivity index (χ3v) is 6.65. The van der Waals surface area contributed by atoms with E-state index >= 15 is 0 Å². The van der Waals surface area contributed by atoms with Gasteiger partial charge in [-0.15, -0.1) is 0 Å². The highest BCUT2D eigenvalue weighted by Crippen LogP contribution is 2.35. The summed E-state index contributed by atoms with van der Waals surface area (Å²) in [6.07, 6.45) is 0.951. The van der Waals surface area contributed by atoms with Gasteiger partial charge in [0.15, 0.2) is 11.5 Å². The lowest BCUT2D eigenvalue weighted by atomic mass is 10.0. The number of ether oxygens (including phenoxy) is 2. The minimum absolute atomic E-state index is 0.101. The number of amides is 2. The van der Waals surface area contributed by atoms with Crippen LogP contribution in [0.5, 0.6) is 11.5 Å². The second-order valence-electron chi connectivity index (χ2n) is 9.15. The second kappa shape index (κ2) is 10.2. The number of nitrogens with one attached hydrogen (secondary N) is 2. The predicted molar refractivity (Wildman–Crippen MR) is 138 cm³/mol. The molecule has 0 saturated heterocycles. The van der Waals surface area contributed by atoms with Gasteiger partial charge in [0.05, 0.1) is 6.04 Å². The van der Waals surface area contributed by atoms with Gasteiger partial charge in [-0.2, -0.15) is 0 Å². The number of fused-ring (bicyclic) bond motifs is 2. The molecule has 0 bridgehead atoms. The Morgan fingerprint density at radius 1 is 0.944 bits per heavy atom. The molecular formula is C28H30N4O4. The van der Waals surface area contributed by atoms with Crippen molar-refractivity contribution in [2.45, 2.75) is 19.0 Å². The molecular weight excluding hydrogens is 456 g/mol. The van der Waals surface area contributed by atoms with Crippen LogP contribution in [-0.2, 0) is 22.6 Å². The van der Waals surface area contributed by atoms with Crippen LogP contribution in [0.4, 0.5) is 11.4 Å². The third kappa shape index (κ3) is 4.93. The van der Waals surface area contributed by atoms with Crippen LogP contribution in [0.1, 0.15) is 22.7 Å². The van der Waals surface area contributed by atoms with Crippen LogP contribution in [0.15, 0.2) is 66.7 Å². The summed E-state index contributed by atoms with van der Waals surface area (Å²) >= 11 is 0. The molecule has 8 nitrogen and oxygen atoms in total. The first-order valence-corrected chi connectivity index (χ1v) is 12.1. The molecule has 3 aromatic rings. The largest absolute Gasteiger partial charge is 0.454 e. The smallest absolute Gasteiger partial charge is 0.309 e. The Labute approximate surface area is 210 Å². The van der Waals surface area contributed by atoms with Gasteiger partial charge < -0.3 is 29.9 Å². The number of carbonyl (C=O) groups is 2. The van der Waals surface area contributed by atoms with Crippen molar-refractivity contribution in [3.8, 4) is 11.5 Å². The second-order valence-corrected chi connectivity index (χ2v) is 9.15. The Balaban J connectivity index is 1.26. The van der Waals surface area contributed by atoms with E-state index in [2.05, 4.69) is 62.9 Å². The summed E-state index contributed by atoms with van der Waals surface area (Å²) in [4.78, 5) is 29.6. The first-order chi connectivity index (χ1) is 17.5. The van der Waals surface area contributed by atoms with E-state index in [9.17, 15) is 9.59 Å². The van der Waals surface area contributed by atoms with Gasteiger partial charge in [-0.25, -0.2) is 0 Å². The van der Waals surface area contributed by atoms with Crippen molar-refractivity contribution in [3.05, 3.63) is 83.4 Å². The van der Waals surface area contributed by atoms with Crippen molar-refractivity contribution in [2.24, 2.45) is 0 Å². The highest BCUT2D eigenvalue weighted by atomic mass is 16.7. The molecule has 0 spiro atoms. The summed E-state index contributed by atoms with van der Waals surface area (Å²) in [5, 5.41) is 5.55. The molecule has 0 unspecified atom stereocenters. The minimum Gasteiger partial charge on any atom is -0.454 e. The van der Waals surface area contributed by atoms with E-state index in [0.29, 0.717) is 18.0 Å². The summed E-state index contributed by atoms with van der Waals surface area (Å²) in [6.45, 7) is 1.57. The van der Waals surface area contributed by atoms with Gasteiger partial charge in [0.25, 0.3) is 0 Å². The van der Waals surface area contributed by atoms with Crippen molar-refractivity contribution in [1.29, 1.82) is 0 Å². The lowest BCUT2D eigenvalue weighted by molar-refractivity contribution is -0.139. The van der Waals surface area contributed by atoms with Gasteiger partial charge in [0.1, 0.15) is 0 Å². The highest BCUT2D eigenvalue weighted by Gasteiger charge is 2.28. The molecule has 36 heavy (non-hydrogen) atoms. The van der Waals surface area contributed by atoms with E-state index in [1.165, 1.54) is 11.3 Å². The number of anilines is 2. The molecule has 0 saturated carbocycles. The van der Waals surface area contributed by atoms with Gasteiger partial charge in [0.2, 0.25) is 6.79 Å². The van der Waals surface area contributed by atoms with Crippen LogP contribution < -0.4 is 29.9 Å². The van der Waals surface area contributed by atoms with Gasteiger partial charge in [0, 0.05) is 45.1 Å². The Hall–Kier alpha value is -4.20. The fourth-order valence-corrected chi connectivity index (χ4v) is 4.67. The molecule has 3 aromatic carbocycles. The van der Waals surface area contributed by atoms with E-state index in [1.807, 2.05) is 26.2 Å². The topological polar surface area (TPSA) is 83.1 Å². The molecule has 186 valence electrons. The Bertz CT molecular complexity index is 1260. The zero-order valence-corrected chi connectivity index (χ0v) is 20.5. The first kappa shape index (κ1) is 23.5. The van der Waals surface area contributed by atoms with Crippen LogP contribution in [0.25, 0.3) is 0 Å². The highest BCUT2D eigenvalue weighted by molar-refractivity contribution is 6.35. The molecule has 2 N–H and O–H groups in total. The monoisotopic (exact) mass is 486 g/mol. The molecule has 0 fully saturated rings. The maximum atomic E-state index is 12.7. The molecule has 0 aliphatic carbocycles. The number of rotatable bonds is 7. The third-order valence-electron chi connectivity index (χ3n) is 6.65. The lowest BCUT2D eigenvalue weighted by Crippen LogP contribution is -2.43. The molecule has 2 aliphatic heterocycles. The average Bonchev–Trinajstić information content (AvgIpc) is 3.54. The Kier molecular flexibility index (Phi) is 6.66. The van der Waals surface area contributed by atoms with Crippen molar-refractivity contribution in [3.63, 3.8) is 0 Å². The maximum absolute atomic E-state index is 12.7. The van der Waals surface area contributed by atoms with E-state index in [1.54, 1.807) is 12.1 Å². The molecule has 0 aromatic heterocycles. The van der Waals surface area contributed by atoms with Gasteiger partial charge >= 0.3 is 11.8 Å². The molecule has 1 atom stereocenters. The standard InChI is InChI=1S/C28H30N4O4/c1-31(2)22-10-8-21(9-11-22)24(32-14-13-20-5-3-4-6-23(20)32)17-30-28(34)27(33)29-16-19-7-12-25-26(15-19)36-18-35-25/h3-12,15,24H,13-14,16-18H2,1-2H3,(H,29,33)(H,30,34)/t24-/m1/s1. The SMILES string of the molecule is CN(C)c1ccc([C@@H](CNC(=O)C(=O)NCc2ccc3c(c2)OCO3)N2CCc3ccccc32)cc1. The van der Waals surface area contributed by atoms with E-state index < -0.39 is 11.8 Å². The van der Waals surface area contributed by atoms with Gasteiger partial charge in [-0.05, 0) is 53.4 Å². The van der Waals surface area contributed by atoms with Crippen molar-refractivity contribution in [2.75, 3.05) is 43.8 Å². The number of hydrogen-bond acceptors (Lipinski definition) is 6. The molecule has 8 heteroatoms. The van der Waals surface area contributed by atoms with E-state index in [-0.39, 0.29) is 19.4 Å². The maximum Gasteiger partial charge on any atom is 0.309 e. The fraction of sp³-hybridized carbons (Fsp3) is 0.286. The van der Waals surface area contributed by atoms with Crippen molar-refractivity contribution >= 4 is 23.2 Å². The zero-order valence-electron chi connectivity index (χ0n) is 20.5. The van der Waals surface area contributed by atoms with E-state index in [4.69, 9.17) is 9.47 Å². The lowest BCUT2D eigenvalue weighted by Gasteiger charge is -2.31. The molecule has 2 heterocycles. The average molecular weight is 487 g/mol. The number of hydrogen-bond donors (Lipinski definition) is 2. The van der Waals surface area contributed by atoms with Crippen molar-refractivity contribution < 1.29 is 19.1 Å². The Morgan fingerprint density at radius 2 is 1.69 bits per heavy atom.